The number of anilines is 1. The Labute approximate surface area is 205 Å². The van der Waals surface area contributed by atoms with Gasteiger partial charge in [-0.05, 0) is 55.3 Å². The standard InChI is InChI=1S/C28H26N2O4S/c1-21-16-18-24(19-17-21)35(32,33)30-26(20-22-10-4-2-5-11-22)28(31)29-25-14-8-9-15-27(25)34-23-12-6-3-7-13-23/h2-19,26,30H,20H2,1H3,(H,29,31)/t26-/m0/s1. The van der Waals surface area contributed by atoms with Gasteiger partial charge in [-0.2, -0.15) is 4.72 Å². The minimum absolute atomic E-state index is 0.0989. The third-order valence-corrected chi connectivity index (χ3v) is 6.83. The third-order valence-electron chi connectivity index (χ3n) is 5.34. The van der Waals surface area contributed by atoms with Gasteiger partial charge < -0.3 is 10.1 Å². The molecule has 0 aliphatic carbocycles. The number of rotatable bonds is 9. The molecule has 4 aromatic rings. The summed E-state index contributed by atoms with van der Waals surface area (Å²) in [6.07, 6.45) is 0.180. The van der Waals surface area contributed by atoms with Crippen molar-refractivity contribution in [1.82, 2.24) is 4.72 Å². The molecule has 0 spiro atoms. The van der Waals surface area contributed by atoms with Gasteiger partial charge in [-0.15, -0.1) is 0 Å². The summed E-state index contributed by atoms with van der Waals surface area (Å²) in [4.78, 5) is 13.5. The van der Waals surface area contributed by atoms with E-state index in [0.717, 1.165) is 11.1 Å². The third kappa shape index (κ3) is 6.56. The highest BCUT2D eigenvalue weighted by Crippen LogP contribution is 2.29. The summed E-state index contributed by atoms with van der Waals surface area (Å²) >= 11 is 0. The Hall–Kier alpha value is -3.94. The van der Waals surface area contributed by atoms with E-state index in [0.29, 0.717) is 17.2 Å². The lowest BCUT2D eigenvalue weighted by Gasteiger charge is -2.20. The van der Waals surface area contributed by atoms with E-state index in [2.05, 4.69) is 10.0 Å². The summed E-state index contributed by atoms with van der Waals surface area (Å²) in [6, 6.07) is 31.0. The van der Waals surface area contributed by atoms with Gasteiger partial charge in [0.1, 0.15) is 11.8 Å². The number of hydrogen-bond donors (Lipinski definition) is 2. The Bertz CT molecular complexity index is 1370. The first-order valence-electron chi connectivity index (χ1n) is 11.2. The molecule has 35 heavy (non-hydrogen) atoms. The van der Waals surface area contributed by atoms with Crippen LogP contribution in [0.2, 0.25) is 0 Å². The Morgan fingerprint density at radius 1 is 0.800 bits per heavy atom. The van der Waals surface area contributed by atoms with Crippen LogP contribution in [-0.4, -0.2) is 20.4 Å². The van der Waals surface area contributed by atoms with E-state index in [4.69, 9.17) is 4.74 Å². The number of carbonyl (C=O) groups excluding carboxylic acids is 1. The van der Waals surface area contributed by atoms with Gasteiger partial charge in [-0.1, -0.05) is 78.4 Å². The van der Waals surface area contributed by atoms with Crippen molar-refractivity contribution in [2.24, 2.45) is 0 Å². The monoisotopic (exact) mass is 486 g/mol. The lowest BCUT2D eigenvalue weighted by molar-refractivity contribution is -0.117. The fourth-order valence-corrected chi connectivity index (χ4v) is 4.70. The molecule has 178 valence electrons. The zero-order valence-corrected chi connectivity index (χ0v) is 20.0. The molecule has 0 heterocycles. The number of benzene rings is 4. The van der Waals surface area contributed by atoms with Crippen molar-refractivity contribution in [2.75, 3.05) is 5.32 Å². The molecule has 0 bridgehead atoms. The van der Waals surface area contributed by atoms with Crippen molar-refractivity contribution in [3.8, 4) is 11.5 Å². The second-order valence-corrected chi connectivity index (χ2v) is 9.79. The van der Waals surface area contributed by atoms with Crippen LogP contribution in [0.15, 0.2) is 114 Å². The first kappa shape index (κ1) is 24.2. The van der Waals surface area contributed by atoms with E-state index in [1.54, 1.807) is 36.4 Å². The minimum atomic E-state index is -3.93. The zero-order valence-electron chi connectivity index (χ0n) is 19.2. The van der Waals surface area contributed by atoms with Crippen molar-refractivity contribution in [1.29, 1.82) is 0 Å². The molecule has 1 amide bonds. The molecule has 2 N–H and O–H groups in total. The number of ether oxygens (including phenoxy) is 1. The van der Waals surface area contributed by atoms with Crippen LogP contribution >= 0.6 is 0 Å². The highest BCUT2D eigenvalue weighted by Gasteiger charge is 2.27. The summed E-state index contributed by atoms with van der Waals surface area (Å²) in [5.74, 6) is 0.579. The van der Waals surface area contributed by atoms with E-state index in [9.17, 15) is 13.2 Å². The molecule has 0 fully saturated rings. The van der Waals surface area contributed by atoms with Gasteiger partial charge >= 0.3 is 0 Å². The summed E-state index contributed by atoms with van der Waals surface area (Å²) < 4.78 is 34.7. The quantitative estimate of drug-likeness (QED) is 0.336. The number of nitrogens with one attached hydrogen (secondary N) is 2. The van der Waals surface area contributed by atoms with Gasteiger partial charge in [0, 0.05) is 0 Å². The molecular formula is C28H26N2O4S. The van der Waals surface area contributed by atoms with Crippen molar-refractivity contribution in [3.05, 3.63) is 120 Å². The average Bonchev–Trinajstić information content (AvgIpc) is 2.86. The van der Waals surface area contributed by atoms with Crippen molar-refractivity contribution in [3.63, 3.8) is 0 Å². The van der Waals surface area contributed by atoms with Gasteiger partial charge in [0.05, 0.1) is 10.6 Å². The maximum atomic E-state index is 13.4. The number of para-hydroxylation sites is 3. The van der Waals surface area contributed by atoms with Crippen LogP contribution in [0.4, 0.5) is 5.69 Å². The van der Waals surface area contributed by atoms with Crippen LogP contribution in [0.25, 0.3) is 0 Å². The topological polar surface area (TPSA) is 84.5 Å². The van der Waals surface area contributed by atoms with E-state index >= 15 is 0 Å². The molecule has 0 aromatic heterocycles. The maximum Gasteiger partial charge on any atom is 0.243 e. The van der Waals surface area contributed by atoms with Crippen LogP contribution in [0.5, 0.6) is 11.5 Å². The molecule has 0 saturated heterocycles. The van der Waals surface area contributed by atoms with E-state index in [1.807, 2.05) is 67.6 Å². The summed E-state index contributed by atoms with van der Waals surface area (Å²) in [5.41, 5.74) is 2.21. The van der Waals surface area contributed by atoms with E-state index in [-0.39, 0.29) is 11.3 Å². The minimum Gasteiger partial charge on any atom is -0.455 e. The van der Waals surface area contributed by atoms with Crippen LogP contribution in [0.3, 0.4) is 0 Å². The predicted octanol–water partition coefficient (Wildman–Crippen LogP) is 5.32. The fraction of sp³-hybridized carbons (Fsp3) is 0.107. The van der Waals surface area contributed by atoms with Crippen LogP contribution < -0.4 is 14.8 Å². The molecule has 0 saturated carbocycles. The summed E-state index contributed by atoms with van der Waals surface area (Å²) in [5, 5.41) is 2.84. The molecule has 0 unspecified atom stereocenters. The van der Waals surface area contributed by atoms with Crippen LogP contribution in [-0.2, 0) is 21.2 Å². The van der Waals surface area contributed by atoms with Gasteiger partial charge in [0.15, 0.2) is 5.75 Å². The fourth-order valence-electron chi connectivity index (χ4n) is 3.50. The van der Waals surface area contributed by atoms with Crippen molar-refractivity contribution in [2.45, 2.75) is 24.3 Å². The largest absolute Gasteiger partial charge is 0.455 e. The normalized spacial score (nSPS) is 12.0. The number of amides is 1. The second-order valence-electron chi connectivity index (χ2n) is 8.08. The van der Waals surface area contributed by atoms with Crippen LogP contribution in [0.1, 0.15) is 11.1 Å². The number of aryl methyl sites for hydroxylation is 1. The van der Waals surface area contributed by atoms with Crippen molar-refractivity contribution < 1.29 is 17.9 Å². The molecule has 0 aliphatic heterocycles. The lowest BCUT2D eigenvalue weighted by atomic mass is 10.1. The van der Waals surface area contributed by atoms with E-state index < -0.39 is 22.0 Å². The highest BCUT2D eigenvalue weighted by molar-refractivity contribution is 7.89. The molecular weight excluding hydrogens is 460 g/mol. The van der Waals surface area contributed by atoms with Gasteiger partial charge in [0.25, 0.3) is 0 Å². The predicted molar refractivity (Wildman–Crippen MR) is 137 cm³/mol. The first-order valence-corrected chi connectivity index (χ1v) is 12.6. The summed E-state index contributed by atoms with van der Waals surface area (Å²) in [6.45, 7) is 1.88. The van der Waals surface area contributed by atoms with Crippen LogP contribution in [0, 0.1) is 6.92 Å². The SMILES string of the molecule is Cc1ccc(S(=O)(=O)N[C@@H](Cc2ccccc2)C(=O)Nc2ccccc2Oc2ccccc2)cc1. The lowest BCUT2D eigenvalue weighted by Crippen LogP contribution is -2.45. The molecule has 1 atom stereocenters. The molecule has 0 radical (unpaired) electrons. The molecule has 6 nitrogen and oxygen atoms in total. The molecule has 0 aliphatic rings. The number of hydrogen-bond acceptors (Lipinski definition) is 4. The summed E-state index contributed by atoms with van der Waals surface area (Å²) in [7, 11) is -3.93. The average molecular weight is 487 g/mol. The molecule has 4 rings (SSSR count). The zero-order chi connectivity index (χ0) is 24.7. The van der Waals surface area contributed by atoms with Gasteiger partial charge in [0.2, 0.25) is 15.9 Å². The molecule has 7 heteroatoms. The second kappa shape index (κ2) is 11.0. The van der Waals surface area contributed by atoms with E-state index in [1.165, 1.54) is 12.1 Å². The van der Waals surface area contributed by atoms with Gasteiger partial charge in [-0.25, -0.2) is 8.42 Å². The molecule has 4 aromatic carbocycles. The van der Waals surface area contributed by atoms with Gasteiger partial charge in [-0.3, -0.25) is 4.79 Å². The Morgan fingerprint density at radius 2 is 1.40 bits per heavy atom. The highest BCUT2D eigenvalue weighted by atomic mass is 32.2. The first-order chi connectivity index (χ1) is 16.9. The Kier molecular flexibility index (Phi) is 7.60. The Balaban J connectivity index is 1.59. The van der Waals surface area contributed by atoms with Crippen molar-refractivity contribution >= 4 is 21.6 Å². The maximum absolute atomic E-state index is 13.4. The smallest absolute Gasteiger partial charge is 0.243 e. The number of sulfonamides is 1. The Morgan fingerprint density at radius 3 is 2.09 bits per heavy atom. The number of carbonyl (C=O) groups is 1.